The van der Waals surface area contributed by atoms with Crippen LogP contribution in [-0.2, 0) is 9.84 Å². The van der Waals surface area contributed by atoms with E-state index in [0.717, 1.165) is 12.1 Å². The van der Waals surface area contributed by atoms with Gasteiger partial charge in [-0.2, -0.15) is 0 Å². The molecular formula is C12H15FO5S. The van der Waals surface area contributed by atoms with Gasteiger partial charge in [-0.25, -0.2) is 12.8 Å². The lowest BCUT2D eigenvalue weighted by Gasteiger charge is -2.19. The molecule has 0 aliphatic carbocycles. The molecule has 2 N–H and O–H groups in total. The minimum absolute atomic E-state index is 0.178. The first kappa shape index (κ1) is 14.2. The molecule has 3 atom stereocenters. The fourth-order valence-corrected chi connectivity index (χ4v) is 3.69. The number of aliphatic hydroxyl groups is 2. The van der Waals surface area contributed by atoms with Gasteiger partial charge in [0.15, 0.2) is 9.84 Å². The van der Waals surface area contributed by atoms with Crippen LogP contribution in [0.4, 0.5) is 4.39 Å². The van der Waals surface area contributed by atoms with Crippen LogP contribution >= 0.6 is 0 Å². The Labute approximate surface area is 110 Å². The van der Waals surface area contributed by atoms with Gasteiger partial charge < -0.3 is 14.9 Å². The van der Waals surface area contributed by atoms with Crippen molar-refractivity contribution in [1.29, 1.82) is 0 Å². The third-order valence-electron chi connectivity index (χ3n) is 2.97. The van der Waals surface area contributed by atoms with Gasteiger partial charge in [0.05, 0.1) is 17.6 Å². The SMILES string of the molecule is CC(O)c1cc(F)ccc1OC1CS(=O)(=O)CC1O. The van der Waals surface area contributed by atoms with Crippen molar-refractivity contribution in [2.45, 2.75) is 25.2 Å². The smallest absolute Gasteiger partial charge is 0.156 e. The molecule has 1 aliphatic rings. The molecule has 19 heavy (non-hydrogen) atoms. The summed E-state index contributed by atoms with van der Waals surface area (Å²) < 4.78 is 41.3. The highest BCUT2D eigenvalue weighted by Gasteiger charge is 2.38. The predicted molar refractivity (Wildman–Crippen MR) is 66.1 cm³/mol. The summed E-state index contributed by atoms with van der Waals surface area (Å²) in [5.41, 5.74) is 0.219. The molecule has 0 radical (unpaired) electrons. The molecule has 2 rings (SSSR count). The van der Waals surface area contributed by atoms with E-state index in [4.69, 9.17) is 4.74 Å². The summed E-state index contributed by atoms with van der Waals surface area (Å²) in [6.07, 6.45) is -2.97. The zero-order chi connectivity index (χ0) is 14.2. The zero-order valence-corrected chi connectivity index (χ0v) is 11.1. The summed E-state index contributed by atoms with van der Waals surface area (Å²) in [5, 5.41) is 19.2. The van der Waals surface area contributed by atoms with E-state index in [1.165, 1.54) is 13.0 Å². The Kier molecular flexibility index (Phi) is 3.80. The molecule has 1 heterocycles. The largest absolute Gasteiger partial charge is 0.486 e. The monoisotopic (exact) mass is 290 g/mol. The summed E-state index contributed by atoms with van der Waals surface area (Å²) in [4.78, 5) is 0. The molecule has 5 nitrogen and oxygen atoms in total. The van der Waals surface area contributed by atoms with Gasteiger partial charge in [0.25, 0.3) is 0 Å². The number of sulfone groups is 1. The summed E-state index contributed by atoms with van der Waals surface area (Å²) >= 11 is 0. The normalized spacial score (nSPS) is 27.2. The third-order valence-corrected chi connectivity index (χ3v) is 4.66. The van der Waals surface area contributed by atoms with Crippen molar-refractivity contribution in [3.63, 3.8) is 0 Å². The summed E-state index contributed by atoms with van der Waals surface area (Å²) in [7, 11) is -3.32. The van der Waals surface area contributed by atoms with Crippen LogP contribution in [0.1, 0.15) is 18.6 Å². The van der Waals surface area contributed by atoms with Crippen molar-refractivity contribution in [3.8, 4) is 5.75 Å². The highest BCUT2D eigenvalue weighted by molar-refractivity contribution is 7.91. The Hall–Kier alpha value is -1.18. The van der Waals surface area contributed by atoms with Gasteiger partial charge >= 0.3 is 0 Å². The molecule has 1 aromatic carbocycles. The number of benzene rings is 1. The lowest BCUT2D eigenvalue weighted by molar-refractivity contribution is 0.0706. The number of ether oxygens (including phenoxy) is 1. The molecule has 0 saturated carbocycles. The van der Waals surface area contributed by atoms with Crippen LogP contribution in [0, 0.1) is 5.82 Å². The first-order valence-corrected chi connectivity index (χ1v) is 7.63. The van der Waals surface area contributed by atoms with Crippen molar-refractivity contribution >= 4 is 9.84 Å². The second-order valence-corrected chi connectivity index (χ2v) is 6.81. The summed E-state index contributed by atoms with van der Waals surface area (Å²) in [5.74, 6) is -0.978. The maximum absolute atomic E-state index is 13.1. The van der Waals surface area contributed by atoms with Crippen molar-refractivity contribution in [2.75, 3.05) is 11.5 Å². The van der Waals surface area contributed by atoms with Crippen molar-refractivity contribution in [1.82, 2.24) is 0 Å². The second kappa shape index (κ2) is 5.07. The van der Waals surface area contributed by atoms with E-state index in [0.29, 0.717) is 0 Å². The molecule has 1 saturated heterocycles. The van der Waals surface area contributed by atoms with E-state index in [2.05, 4.69) is 0 Å². The van der Waals surface area contributed by atoms with Crippen molar-refractivity contribution < 1.29 is 27.8 Å². The minimum Gasteiger partial charge on any atom is -0.486 e. The van der Waals surface area contributed by atoms with Gasteiger partial charge in [-0.05, 0) is 25.1 Å². The maximum atomic E-state index is 13.1. The van der Waals surface area contributed by atoms with Crippen LogP contribution in [0.15, 0.2) is 18.2 Å². The molecule has 0 amide bonds. The molecule has 0 spiro atoms. The molecule has 0 bridgehead atoms. The molecular weight excluding hydrogens is 275 g/mol. The molecule has 1 aliphatic heterocycles. The number of hydrogen-bond acceptors (Lipinski definition) is 5. The Morgan fingerprint density at radius 3 is 2.63 bits per heavy atom. The number of halogens is 1. The number of hydrogen-bond donors (Lipinski definition) is 2. The van der Waals surface area contributed by atoms with E-state index in [-0.39, 0.29) is 22.8 Å². The maximum Gasteiger partial charge on any atom is 0.156 e. The average molecular weight is 290 g/mol. The van der Waals surface area contributed by atoms with Crippen LogP contribution in [0.3, 0.4) is 0 Å². The average Bonchev–Trinajstić information content (AvgIpc) is 2.54. The number of rotatable bonds is 3. The van der Waals surface area contributed by atoms with E-state index in [9.17, 15) is 23.0 Å². The van der Waals surface area contributed by atoms with Crippen molar-refractivity contribution in [2.24, 2.45) is 0 Å². The quantitative estimate of drug-likeness (QED) is 0.842. The Morgan fingerprint density at radius 2 is 2.11 bits per heavy atom. The first-order chi connectivity index (χ1) is 8.78. The minimum atomic E-state index is -3.32. The molecule has 106 valence electrons. The van der Waals surface area contributed by atoms with Crippen LogP contribution in [0.2, 0.25) is 0 Å². The van der Waals surface area contributed by atoms with Gasteiger partial charge in [-0.3, -0.25) is 0 Å². The summed E-state index contributed by atoms with van der Waals surface area (Å²) in [6.45, 7) is 1.45. The lowest BCUT2D eigenvalue weighted by Crippen LogP contribution is -2.30. The van der Waals surface area contributed by atoms with Gasteiger partial charge in [0.2, 0.25) is 0 Å². The first-order valence-electron chi connectivity index (χ1n) is 5.81. The topological polar surface area (TPSA) is 83.8 Å². The van der Waals surface area contributed by atoms with Crippen LogP contribution < -0.4 is 4.74 Å². The fraction of sp³-hybridized carbons (Fsp3) is 0.500. The van der Waals surface area contributed by atoms with E-state index in [1.54, 1.807) is 0 Å². The van der Waals surface area contributed by atoms with Crippen LogP contribution in [-0.4, -0.2) is 42.3 Å². The third kappa shape index (κ3) is 3.23. The van der Waals surface area contributed by atoms with E-state index in [1.807, 2.05) is 0 Å². The van der Waals surface area contributed by atoms with Gasteiger partial charge in [-0.1, -0.05) is 0 Å². The van der Waals surface area contributed by atoms with E-state index < -0.39 is 34.0 Å². The molecule has 1 fully saturated rings. The predicted octanol–water partition coefficient (Wildman–Crippen LogP) is 0.416. The molecule has 7 heteroatoms. The highest BCUT2D eigenvalue weighted by atomic mass is 32.2. The zero-order valence-electron chi connectivity index (χ0n) is 10.3. The highest BCUT2D eigenvalue weighted by Crippen LogP contribution is 2.29. The van der Waals surface area contributed by atoms with E-state index >= 15 is 0 Å². The Balaban J connectivity index is 2.25. The Morgan fingerprint density at radius 1 is 1.42 bits per heavy atom. The van der Waals surface area contributed by atoms with Gasteiger partial charge in [0, 0.05) is 5.56 Å². The lowest BCUT2D eigenvalue weighted by atomic mass is 10.1. The fourth-order valence-electron chi connectivity index (χ4n) is 2.03. The summed E-state index contributed by atoms with van der Waals surface area (Å²) in [6, 6.07) is 3.59. The number of aliphatic hydroxyl groups excluding tert-OH is 2. The van der Waals surface area contributed by atoms with Gasteiger partial charge in [-0.15, -0.1) is 0 Å². The second-order valence-electron chi connectivity index (χ2n) is 4.66. The van der Waals surface area contributed by atoms with Crippen LogP contribution in [0.5, 0.6) is 5.75 Å². The Bertz CT molecular complexity index is 569. The van der Waals surface area contributed by atoms with Gasteiger partial charge in [0.1, 0.15) is 23.8 Å². The molecule has 3 unspecified atom stereocenters. The van der Waals surface area contributed by atoms with Crippen LogP contribution in [0.25, 0.3) is 0 Å². The molecule has 1 aromatic rings. The standard InChI is InChI=1S/C12H15FO5S/c1-7(14)9-4-8(13)2-3-11(9)18-12-6-19(16,17)5-10(12)15/h2-4,7,10,12,14-15H,5-6H2,1H3. The van der Waals surface area contributed by atoms with Crippen molar-refractivity contribution in [3.05, 3.63) is 29.6 Å². The molecule has 0 aromatic heterocycles.